The maximum Gasteiger partial charge on any atom is 0.255 e. The van der Waals surface area contributed by atoms with Gasteiger partial charge >= 0.3 is 0 Å². The maximum absolute atomic E-state index is 12.2. The second kappa shape index (κ2) is 5.69. The van der Waals surface area contributed by atoms with E-state index in [1.807, 2.05) is 42.5 Å². The van der Waals surface area contributed by atoms with Crippen LogP contribution in [0.1, 0.15) is 22.2 Å². The monoisotopic (exact) mass is 321 g/mol. The standard InChI is InChI=1S/C17H15N5O2/c1-24-15-9-5-4-8-14(15)22-10-13(20-21-22)16-18-12-7-3-2-6-11(12)17(23)19-16/h2-10,16,18H,1H3,(H,19,23). The first-order valence-corrected chi connectivity index (χ1v) is 7.48. The molecule has 1 aliphatic rings. The number of nitrogens with one attached hydrogen (secondary N) is 2. The van der Waals surface area contributed by atoms with Crippen molar-refractivity contribution < 1.29 is 9.53 Å². The van der Waals surface area contributed by atoms with Gasteiger partial charge in [-0.3, -0.25) is 4.79 Å². The number of hydrogen-bond acceptors (Lipinski definition) is 5. The maximum atomic E-state index is 12.2. The number of nitrogens with zero attached hydrogens (tertiary/aromatic N) is 3. The number of aromatic nitrogens is 3. The fourth-order valence-electron chi connectivity index (χ4n) is 2.70. The van der Waals surface area contributed by atoms with Crippen molar-refractivity contribution in [2.24, 2.45) is 0 Å². The number of fused-ring (bicyclic) bond motifs is 1. The molecule has 1 aromatic heterocycles. The molecule has 0 bridgehead atoms. The van der Waals surface area contributed by atoms with Crippen molar-refractivity contribution in [2.45, 2.75) is 6.17 Å². The van der Waals surface area contributed by atoms with Gasteiger partial charge in [-0.25, -0.2) is 4.68 Å². The normalized spacial score (nSPS) is 16.0. The van der Waals surface area contributed by atoms with E-state index in [1.54, 1.807) is 24.1 Å². The second-order valence-electron chi connectivity index (χ2n) is 5.36. The SMILES string of the molecule is COc1ccccc1-n1cc(C2NC(=O)c3ccccc3N2)nn1. The lowest BCUT2D eigenvalue weighted by atomic mass is 10.1. The van der Waals surface area contributed by atoms with Gasteiger partial charge in [-0.15, -0.1) is 5.10 Å². The average Bonchev–Trinajstić information content (AvgIpc) is 3.11. The molecule has 0 radical (unpaired) electrons. The summed E-state index contributed by atoms with van der Waals surface area (Å²) in [5.41, 5.74) is 2.79. The highest BCUT2D eigenvalue weighted by Gasteiger charge is 2.26. The zero-order valence-corrected chi connectivity index (χ0v) is 12.9. The molecule has 2 aromatic carbocycles. The highest BCUT2D eigenvalue weighted by molar-refractivity contribution is 6.01. The fourth-order valence-corrected chi connectivity index (χ4v) is 2.70. The van der Waals surface area contributed by atoms with E-state index in [-0.39, 0.29) is 5.91 Å². The molecule has 3 aromatic rings. The lowest BCUT2D eigenvalue weighted by Gasteiger charge is -2.26. The first-order chi connectivity index (χ1) is 11.8. The number of hydrogen-bond donors (Lipinski definition) is 2. The van der Waals surface area contributed by atoms with E-state index < -0.39 is 6.17 Å². The molecule has 1 aliphatic heterocycles. The summed E-state index contributed by atoms with van der Waals surface area (Å²) in [5.74, 6) is 0.557. The van der Waals surface area contributed by atoms with Crippen molar-refractivity contribution >= 4 is 11.6 Å². The summed E-state index contributed by atoms with van der Waals surface area (Å²) in [4.78, 5) is 12.2. The van der Waals surface area contributed by atoms with E-state index >= 15 is 0 Å². The average molecular weight is 321 g/mol. The highest BCUT2D eigenvalue weighted by Crippen LogP contribution is 2.26. The molecule has 2 N–H and O–H groups in total. The summed E-state index contributed by atoms with van der Waals surface area (Å²) < 4.78 is 6.97. The zero-order valence-electron chi connectivity index (χ0n) is 12.9. The van der Waals surface area contributed by atoms with Crippen LogP contribution in [0.4, 0.5) is 5.69 Å². The minimum absolute atomic E-state index is 0.138. The Bertz CT molecular complexity index is 905. The number of amides is 1. The van der Waals surface area contributed by atoms with Gasteiger partial charge in [0.25, 0.3) is 5.91 Å². The van der Waals surface area contributed by atoms with Crippen LogP contribution < -0.4 is 15.4 Å². The summed E-state index contributed by atoms with van der Waals surface area (Å²) in [6.07, 6.45) is 1.33. The topological polar surface area (TPSA) is 81.1 Å². The second-order valence-corrected chi connectivity index (χ2v) is 5.36. The van der Waals surface area contributed by atoms with Crippen LogP contribution in [0.2, 0.25) is 0 Å². The van der Waals surface area contributed by atoms with Crippen LogP contribution in [-0.2, 0) is 0 Å². The van der Waals surface area contributed by atoms with E-state index in [2.05, 4.69) is 20.9 Å². The Kier molecular flexibility index (Phi) is 3.38. The number of benzene rings is 2. The first-order valence-electron chi connectivity index (χ1n) is 7.48. The Balaban J connectivity index is 1.66. The summed E-state index contributed by atoms with van der Waals surface area (Å²) in [6.45, 7) is 0. The number of carbonyl (C=O) groups is 1. The zero-order chi connectivity index (χ0) is 16.5. The van der Waals surface area contributed by atoms with Gasteiger partial charge in [0, 0.05) is 5.69 Å². The molecule has 0 spiro atoms. The summed E-state index contributed by atoms with van der Waals surface area (Å²) in [7, 11) is 1.61. The van der Waals surface area contributed by atoms with Gasteiger partial charge in [-0.2, -0.15) is 0 Å². The van der Waals surface area contributed by atoms with Crippen LogP contribution in [0.25, 0.3) is 5.69 Å². The van der Waals surface area contributed by atoms with Crippen LogP contribution in [-0.4, -0.2) is 28.0 Å². The molecule has 4 rings (SSSR count). The molecule has 1 amide bonds. The van der Waals surface area contributed by atoms with Gasteiger partial charge < -0.3 is 15.4 Å². The van der Waals surface area contributed by atoms with Crippen LogP contribution in [0.3, 0.4) is 0 Å². The third-order valence-electron chi connectivity index (χ3n) is 3.89. The molecule has 120 valence electrons. The molecule has 24 heavy (non-hydrogen) atoms. The molecule has 2 heterocycles. The van der Waals surface area contributed by atoms with Gasteiger partial charge in [0.05, 0.1) is 18.9 Å². The number of anilines is 1. The van der Waals surface area contributed by atoms with Crippen molar-refractivity contribution in [3.05, 3.63) is 66.0 Å². The van der Waals surface area contributed by atoms with Gasteiger partial charge in [0.1, 0.15) is 23.3 Å². The number of carbonyl (C=O) groups excluding carboxylic acids is 1. The van der Waals surface area contributed by atoms with Crippen molar-refractivity contribution in [3.8, 4) is 11.4 Å². The van der Waals surface area contributed by atoms with Crippen molar-refractivity contribution in [1.82, 2.24) is 20.3 Å². The number of methoxy groups -OCH3 is 1. The van der Waals surface area contributed by atoms with Crippen molar-refractivity contribution in [3.63, 3.8) is 0 Å². The highest BCUT2D eigenvalue weighted by atomic mass is 16.5. The molecule has 7 nitrogen and oxygen atoms in total. The molecular weight excluding hydrogens is 306 g/mol. The minimum Gasteiger partial charge on any atom is -0.494 e. The molecule has 0 saturated carbocycles. The Morgan fingerprint density at radius 3 is 2.75 bits per heavy atom. The van der Waals surface area contributed by atoms with E-state index in [1.165, 1.54) is 0 Å². The number of rotatable bonds is 3. The molecule has 0 fully saturated rings. The smallest absolute Gasteiger partial charge is 0.255 e. The predicted octanol–water partition coefficient (Wildman–Crippen LogP) is 2.13. The van der Waals surface area contributed by atoms with E-state index in [4.69, 9.17) is 4.74 Å². The van der Waals surface area contributed by atoms with Crippen molar-refractivity contribution in [2.75, 3.05) is 12.4 Å². The number of para-hydroxylation sites is 3. The van der Waals surface area contributed by atoms with E-state index in [0.29, 0.717) is 17.0 Å². The van der Waals surface area contributed by atoms with E-state index in [9.17, 15) is 4.79 Å². The summed E-state index contributed by atoms with van der Waals surface area (Å²) >= 11 is 0. The number of ether oxygens (including phenoxy) is 1. The fraction of sp³-hybridized carbons (Fsp3) is 0.118. The molecule has 1 unspecified atom stereocenters. The molecule has 7 heteroatoms. The molecule has 1 atom stereocenters. The van der Waals surface area contributed by atoms with Gasteiger partial charge in [-0.05, 0) is 24.3 Å². The van der Waals surface area contributed by atoms with Crippen LogP contribution in [0.15, 0.2) is 54.7 Å². The summed E-state index contributed by atoms with van der Waals surface area (Å²) in [5, 5.41) is 14.5. The molecule has 0 saturated heterocycles. The molecule has 0 aliphatic carbocycles. The first kappa shape index (κ1) is 14.3. The lowest BCUT2D eigenvalue weighted by Crippen LogP contribution is -2.38. The third kappa shape index (κ3) is 2.36. The van der Waals surface area contributed by atoms with E-state index in [0.717, 1.165) is 11.4 Å². The predicted molar refractivity (Wildman–Crippen MR) is 88.2 cm³/mol. The lowest BCUT2D eigenvalue weighted by molar-refractivity contribution is 0.0935. The quantitative estimate of drug-likeness (QED) is 0.772. The van der Waals surface area contributed by atoms with Gasteiger partial charge in [0.15, 0.2) is 0 Å². The Hall–Kier alpha value is -3.35. The Morgan fingerprint density at radius 2 is 1.88 bits per heavy atom. The molecular formula is C17H15N5O2. The third-order valence-corrected chi connectivity index (χ3v) is 3.89. The van der Waals surface area contributed by atoms with Crippen LogP contribution in [0.5, 0.6) is 5.75 Å². The summed E-state index contributed by atoms with van der Waals surface area (Å²) in [6, 6.07) is 14.9. The van der Waals surface area contributed by atoms with Gasteiger partial charge in [-0.1, -0.05) is 29.5 Å². The van der Waals surface area contributed by atoms with Crippen LogP contribution >= 0.6 is 0 Å². The van der Waals surface area contributed by atoms with Gasteiger partial charge in [0.2, 0.25) is 0 Å². The van der Waals surface area contributed by atoms with Crippen molar-refractivity contribution in [1.29, 1.82) is 0 Å². The minimum atomic E-state index is -0.434. The van der Waals surface area contributed by atoms with Crippen LogP contribution in [0, 0.1) is 0 Å². The Labute approximate surface area is 138 Å². The largest absolute Gasteiger partial charge is 0.494 e. The Morgan fingerprint density at radius 1 is 1.08 bits per heavy atom.